The monoisotopic (exact) mass is 292 g/mol. The predicted octanol–water partition coefficient (Wildman–Crippen LogP) is 3.79. The van der Waals surface area contributed by atoms with Gasteiger partial charge >= 0.3 is 0 Å². The van der Waals surface area contributed by atoms with Crippen molar-refractivity contribution < 1.29 is 9.90 Å². The van der Waals surface area contributed by atoms with Gasteiger partial charge < -0.3 is 5.11 Å². The summed E-state index contributed by atoms with van der Waals surface area (Å²) in [5, 5.41) is 11.5. The Morgan fingerprint density at radius 2 is 1.68 bits per heavy atom. The SMILES string of the molecule is CC1(O)c2cccc(Cl)c2C(=O)c2cccc(Cl)c21. The average Bonchev–Trinajstić information content (AvgIpc) is 2.35. The van der Waals surface area contributed by atoms with Gasteiger partial charge in [-0.3, -0.25) is 4.79 Å². The van der Waals surface area contributed by atoms with E-state index in [1.165, 1.54) is 0 Å². The lowest BCUT2D eigenvalue weighted by atomic mass is 9.75. The zero-order chi connectivity index (χ0) is 13.8. The van der Waals surface area contributed by atoms with E-state index >= 15 is 0 Å². The fourth-order valence-electron chi connectivity index (χ4n) is 2.64. The summed E-state index contributed by atoms with van der Waals surface area (Å²) in [6, 6.07) is 10.1. The van der Waals surface area contributed by atoms with Crippen molar-refractivity contribution in [3.05, 3.63) is 68.7 Å². The number of fused-ring (bicyclic) bond motifs is 2. The molecule has 2 nitrogen and oxygen atoms in total. The molecule has 2 aromatic rings. The molecule has 96 valence electrons. The Hall–Kier alpha value is -1.35. The molecular weight excluding hydrogens is 283 g/mol. The lowest BCUT2D eigenvalue weighted by molar-refractivity contribution is 0.0863. The lowest BCUT2D eigenvalue weighted by Gasteiger charge is -2.33. The summed E-state index contributed by atoms with van der Waals surface area (Å²) in [7, 11) is 0. The minimum absolute atomic E-state index is 0.204. The molecule has 0 bridgehead atoms. The maximum atomic E-state index is 12.5. The minimum atomic E-state index is -1.33. The van der Waals surface area contributed by atoms with Crippen LogP contribution in [0.1, 0.15) is 34.0 Å². The first-order valence-corrected chi connectivity index (χ1v) is 6.55. The van der Waals surface area contributed by atoms with Crippen molar-refractivity contribution in [2.75, 3.05) is 0 Å². The van der Waals surface area contributed by atoms with E-state index in [9.17, 15) is 9.90 Å². The van der Waals surface area contributed by atoms with Crippen molar-refractivity contribution in [2.24, 2.45) is 0 Å². The Morgan fingerprint density at radius 3 is 2.42 bits per heavy atom. The third-order valence-electron chi connectivity index (χ3n) is 3.51. The van der Waals surface area contributed by atoms with Gasteiger partial charge in [0.15, 0.2) is 5.78 Å². The zero-order valence-corrected chi connectivity index (χ0v) is 11.6. The van der Waals surface area contributed by atoms with Crippen molar-refractivity contribution in [2.45, 2.75) is 12.5 Å². The van der Waals surface area contributed by atoms with Gasteiger partial charge in [0.25, 0.3) is 0 Å². The zero-order valence-electron chi connectivity index (χ0n) is 10.1. The third kappa shape index (κ3) is 1.64. The summed E-state index contributed by atoms with van der Waals surface area (Å²) in [6.07, 6.45) is 0. The number of hydrogen-bond donors (Lipinski definition) is 1. The van der Waals surface area contributed by atoms with E-state index in [4.69, 9.17) is 23.2 Å². The fraction of sp³-hybridized carbons (Fsp3) is 0.133. The largest absolute Gasteiger partial charge is 0.381 e. The lowest BCUT2D eigenvalue weighted by Crippen LogP contribution is -2.33. The second-order valence-electron chi connectivity index (χ2n) is 4.73. The smallest absolute Gasteiger partial charge is 0.195 e. The van der Waals surface area contributed by atoms with Crippen LogP contribution < -0.4 is 0 Å². The van der Waals surface area contributed by atoms with Crippen LogP contribution >= 0.6 is 23.2 Å². The highest BCUT2D eigenvalue weighted by atomic mass is 35.5. The molecule has 0 heterocycles. The Balaban J connectivity index is 2.44. The van der Waals surface area contributed by atoms with E-state index in [2.05, 4.69) is 0 Å². The van der Waals surface area contributed by atoms with Crippen molar-refractivity contribution in [1.29, 1.82) is 0 Å². The number of carbonyl (C=O) groups excluding carboxylic acids is 1. The number of halogens is 2. The highest BCUT2D eigenvalue weighted by Gasteiger charge is 2.41. The van der Waals surface area contributed by atoms with Crippen LogP contribution in [0.25, 0.3) is 0 Å². The molecule has 1 atom stereocenters. The van der Waals surface area contributed by atoms with Crippen molar-refractivity contribution in [3.8, 4) is 0 Å². The number of aliphatic hydroxyl groups is 1. The van der Waals surface area contributed by atoms with E-state index in [1.54, 1.807) is 43.3 Å². The molecule has 0 aromatic heterocycles. The van der Waals surface area contributed by atoms with Gasteiger partial charge in [-0.2, -0.15) is 0 Å². The van der Waals surface area contributed by atoms with E-state index in [0.29, 0.717) is 32.3 Å². The average molecular weight is 293 g/mol. The van der Waals surface area contributed by atoms with E-state index in [0.717, 1.165) is 0 Å². The van der Waals surface area contributed by atoms with E-state index in [-0.39, 0.29) is 5.78 Å². The van der Waals surface area contributed by atoms with Crippen molar-refractivity contribution in [1.82, 2.24) is 0 Å². The van der Waals surface area contributed by atoms with Crippen LogP contribution in [0.5, 0.6) is 0 Å². The highest BCUT2D eigenvalue weighted by Crippen LogP contribution is 2.44. The second-order valence-corrected chi connectivity index (χ2v) is 5.54. The molecule has 1 N–H and O–H groups in total. The Bertz CT molecular complexity index is 705. The van der Waals surface area contributed by atoms with Crippen LogP contribution in [0.2, 0.25) is 10.0 Å². The van der Waals surface area contributed by atoms with Gasteiger partial charge in [-0.05, 0) is 19.1 Å². The number of rotatable bonds is 0. The van der Waals surface area contributed by atoms with Gasteiger partial charge in [0.05, 0.1) is 5.02 Å². The molecule has 1 aliphatic carbocycles. The maximum absolute atomic E-state index is 12.5. The summed E-state index contributed by atoms with van der Waals surface area (Å²) in [5.41, 5.74) is 0.353. The molecule has 3 rings (SSSR count). The normalized spacial score (nSPS) is 20.9. The van der Waals surface area contributed by atoms with Crippen LogP contribution in [0.4, 0.5) is 0 Å². The number of benzene rings is 2. The number of ketones is 1. The van der Waals surface area contributed by atoms with Crippen molar-refractivity contribution in [3.63, 3.8) is 0 Å². The van der Waals surface area contributed by atoms with Crippen LogP contribution in [0.15, 0.2) is 36.4 Å². The Kier molecular flexibility index (Phi) is 2.72. The molecule has 0 saturated carbocycles. The molecule has 0 spiro atoms. The first kappa shape index (κ1) is 12.7. The number of carbonyl (C=O) groups is 1. The maximum Gasteiger partial charge on any atom is 0.195 e. The van der Waals surface area contributed by atoms with E-state index in [1.807, 2.05) is 0 Å². The predicted molar refractivity (Wildman–Crippen MR) is 75.0 cm³/mol. The Labute approximate surface area is 120 Å². The van der Waals surface area contributed by atoms with Gasteiger partial charge in [0, 0.05) is 27.3 Å². The van der Waals surface area contributed by atoms with Crippen molar-refractivity contribution >= 4 is 29.0 Å². The van der Waals surface area contributed by atoms with Gasteiger partial charge in [-0.1, -0.05) is 47.5 Å². The molecule has 0 saturated heterocycles. The molecule has 1 aliphatic rings. The van der Waals surface area contributed by atoms with Gasteiger partial charge in [-0.25, -0.2) is 0 Å². The molecular formula is C15H10Cl2O2. The summed E-state index contributed by atoms with van der Waals surface area (Å²) in [4.78, 5) is 12.5. The van der Waals surface area contributed by atoms with Crippen LogP contribution in [0.3, 0.4) is 0 Å². The topological polar surface area (TPSA) is 37.3 Å². The first-order valence-electron chi connectivity index (χ1n) is 5.79. The quantitative estimate of drug-likeness (QED) is 0.802. The second kappa shape index (κ2) is 4.07. The molecule has 19 heavy (non-hydrogen) atoms. The molecule has 0 fully saturated rings. The molecule has 1 unspecified atom stereocenters. The standard InChI is InChI=1S/C15H10Cl2O2/c1-15(19)9-5-3-6-10(16)12(9)14(18)8-4-2-7-11(17)13(8)15/h2-7,19H,1H3. The van der Waals surface area contributed by atoms with Gasteiger partial charge in [0.1, 0.15) is 5.60 Å². The highest BCUT2D eigenvalue weighted by molar-refractivity contribution is 6.36. The summed E-state index contributed by atoms with van der Waals surface area (Å²) in [5.74, 6) is -0.204. The molecule has 0 amide bonds. The summed E-state index contributed by atoms with van der Waals surface area (Å²) in [6.45, 7) is 1.62. The fourth-order valence-corrected chi connectivity index (χ4v) is 3.26. The van der Waals surface area contributed by atoms with Gasteiger partial charge in [-0.15, -0.1) is 0 Å². The molecule has 0 aliphatic heterocycles. The van der Waals surface area contributed by atoms with Crippen LogP contribution in [-0.4, -0.2) is 10.9 Å². The van der Waals surface area contributed by atoms with E-state index < -0.39 is 5.60 Å². The molecule has 4 heteroatoms. The summed E-state index contributed by atoms with van der Waals surface area (Å²) >= 11 is 12.3. The number of hydrogen-bond acceptors (Lipinski definition) is 2. The van der Waals surface area contributed by atoms with Crippen LogP contribution in [-0.2, 0) is 5.60 Å². The molecule has 2 aromatic carbocycles. The molecule has 0 radical (unpaired) electrons. The third-order valence-corrected chi connectivity index (χ3v) is 4.14. The van der Waals surface area contributed by atoms with Gasteiger partial charge in [0.2, 0.25) is 0 Å². The first-order chi connectivity index (χ1) is 8.94. The Morgan fingerprint density at radius 1 is 1.05 bits per heavy atom. The van der Waals surface area contributed by atoms with Crippen LogP contribution in [0, 0.1) is 0 Å². The minimum Gasteiger partial charge on any atom is -0.381 e. The summed E-state index contributed by atoms with van der Waals surface area (Å²) < 4.78 is 0.